The van der Waals surface area contributed by atoms with Crippen molar-refractivity contribution in [3.63, 3.8) is 0 Å². The van der Waals surface area contributed by atoms with Crippen LogP contribution >= 0.6 is 0 Å². The van der Waals surface area contributed by atoms with Gasteiger partial charge in [0.05, 0.1) is 11.0 Å². The van der Waals surface area contributed by atoms with Crippen molar-refractivity contribution in [1.29, 1.82) is 0 Å². The maximum Gasteiger partial charge on any atom is 0.275 e. The van der Waals surface area contributed by atoms with Crippen molar-refractivity contribution in [2.75, 3.05) is 5.73 Å². The van der Waals surface area contributed by atoms with Crippen molar-refractivity contribution >= 4 is 27.8 Å². The van der Waals surface area contributed by atoms with Gasteiger partial charge in [0.2, 0.25) is 0 Å². The summed E-state index contributed by atoms with van der Waals surface area (Å²) in [6.45, 7) is 3.06. The highest BCUT2D eigenvalue weighted by Gasteiger charge is 2.16. The van der Waals surface area contributed by atoms with Gasteiger partial charge in [0.25, 0.3) is 5.56 Å². The fraction of sp³-hybridized carbons (Fsp3) is 0.250. The van der Waals surface area contributed by atoms with E-state index >= 15 is 0 Å². The van der Waals surface area contributed by atoms with E-state index in [1.54, 1.807) is 18.3 Å². The molecule has 6 heteroatoms. The Kier molecular flexibility index (Phi) is 4.16. The zero-order valence-electron chi connectivity index (χ0n) is 14.7. The number of aryl methyl sites for hydroxylation is 1. The van der Waals surface area contributed by atoms with E-state index in [4.69, 9.17) is 5.73 Å². The molecule has 1 aromatic carbocycles. The van der Waals surface area contributed by atoms with Gasteiger partial charge < -0.3 is 15.3 Å². The Bertz CT molecular complexity index is 1140. The molecular weight excluding hydrogens is 326 g/mol. The standard InChI is InChI=1S/C20H21N5O/c1-2-3-4-10-25-12-15(14-6-5-9-22-19(14)25)18-20(26)24-17-11-13(21)7-8-16(17)23-18/h5-9,11-12H,2-4,10,21H2,1H3,(H,24,26). The number of nitrogen functional groups attached to an aromatic ring is 1. The average Bonchev–Trinajstić information content (AvgIpc) is 3.00. The SMILES string of the molecule is CCCCCn1cc(-c2nc3ccc(N)cc3[nH]c2=O)c2cccnc21. The molecule has 132 valence electrons. The van der Waals surface area contributed by atoms with E-state index in [0.717, 1.165) is 42.4 Å². The number of benzene rings is 1. The van der Waals surface area contributed by atoms with Crippen LogP contribution in [-0.4, -0.2) is 19.5 Å². The molecule has 0 saturated carbocycles. The van der Waals surface area contributed by atoms with Crippen LogP contribution < -0.4 is 11.3 Å². The number of hydrogen-bond donors (Lipinski definition) is 2. The Balaban J connectivity index is 1.89. The third-order valence-corrected chi connectivity index (χ3v) is 4.61. The Labute approximate surface area is 150 Å². The summed E-state index contributed by atoms with van der Waals surface area (Å²) in [5.41, 5.74) is 9.63. The molecule has 0 amide bonds. The maximum atomic E-state index is 12.7. The molecule has 4 aromatic rings. The highest BCUT2D eigenvalue weighted by atomic mass is 16.1. The summed E-state index contributed by atoms with van der Waals surface area (Å²) < 4.78 is 2.12. The first kappa shape index (κ1) is 16.3. The fourth-order valence-corrected chi connectivity index (χ4v) is 3.30. The summed E-state index contributed by atoms with van der Waals surface area (Å²) in [4.78, 5) is 24.7. The number of nitrogens with two attached hydrogens (primary N) is 1. The quantitative estimate of drug-likeness (QED) is 0.425. The third kappa shape index (κ3) is 2.83. The van der Waals surface area contributed by atoms with E-state index in [0.29, 0.717) is 22.4 Å². The summed E-state index contributed by atoms with van der Waals surface area (Å²) in [6.07, 6.45) is 7.18. The largest absolute Gasteiger partial charge is 0.399 e. The molecule has 3 N–H and O–H groups in total. The Hall–Kier alpha value is -3.15. The monoisotopic (exact) mass is 347 g/mol. The Morgan fingerprint density at radius 2 is 2.12 bits per heavy atom. The van der Waals surface area contributed by atoms with E-state index in [2.05, 4.69) is 26.4 Å². The molecule has 0 aliphatic carbocycles. The lowest BCUT2D eigenvalue weighted by Crippen LogP contribution is -2.11. The lowest BCUT2D eigenvalue weighted by molar-refractivity contribution is 0.613. The number of aromatic nitrogens is 4. The zero-order valence-corrected chi connectivity index (χ0v) is 14.7. The zero-order chi connectivity index (χ0) is 18.1. The maximum absolute atomic E-state index is 12.7. The highest BCUT2D eigenvalue weighted by Crippen LogP contribution is 2.27. The number of nitrogens with one attached hydrogen (secondary N) is 1. The summed E-state index contributed by atoms with van der Waals surface area (Å²) in [7, 11) is 0. The molecule has 0 radical (unpaired) electrons. The molecule has 0 bridgehead atoms. The van der Waals surface area contributed by atoms with Crippen LogP contribution in [0.1, 0.15) is 26.2 Å². The molecule has 3 heterocycles. The molecule has 0 saturated heterocycles. The van der Waals surface area contributed by atoms with Crippen LogP contribution in [-0.2, 0) is 6.54 Å². The fourth-order valence-electron chi connectivity index (χ4n) is 3.30. The number of hydrogen-bond acceptors (Lipinski definition) is 4. The van der Waals surface area contributed by atoms with Gasteiger partial charge in [-0.05, 0) is 36.8 Å². The normalized spacial score (nSPS) is 11.4. The summed E-state index contributed by atoms with van der Waals surface area (Å²) in [5.74, 6) is 0. The minimum absolute atomic E-state index is 0.223. The van der Waals surface area contributed by atoms with Crippen molar-refractivity contribution in [3.8, 4) is 11.3 Å². The first-order valence-electron chi connectivity index (χ1n) is 8.91. The Morgan fingerprint density at radius 1 is 1.23 bits per heavy atom. The number of aromatic amines is 1. The summed E-state index contributed by atoms with van der Waals surface area (Å²) >= 11 is 0. The van der Waals surface area contributed by atoms with Gasteiger partial charge in [-0.2, -0.15) is 0 Å². The van der Waals surface area contributed by atoms with Gasteiger partial charge in [0.15, 0.2) is 0 Å². The second-order valence-electron chi connectivity index (χ2n) is 6.51. The van der Waals surface area contributed by atoms with Crippen LogP contribution in [0, 0.1) is 0 Å². The second kappa shape index (κ2) is 6.63. The molecule has 6 nitrogen and oxygen atoms in total. The van der Waals surface area contributed by atoms with Gasteiger partial charge in [0.1, 0.15) is 11.3 Å². The summed E-state index contributed by atoms with van der Waals surface area (Å²) in [6, 6.07) is 9.21. The molecular formula is C20H21N5O. The van der Waals surface area contributed by atoms with Crippen molar-refractivity contribution in [3.05, 3.63) is 53.1 Å². The van der Waals surface area contributed by atoms with E-state index in [-0.39, 0.29) is 5.56 Å². The summed E-state index contributed by atoms with van der Waals surface area (Å²) in [5, 5.41) is 0.941. The molecule has 0 aliphatic heterocycles. The minimum atomic E-state index is -0.223. The van der Waals surface area contributed by atoms with Gasteiger partial charge in [-0.15, -0.1) is 0 Å². The first-order chi connectivity index (χ1) is 12.7. The minimum Gasteiger partial charge on any atom is -0.399 e. The number of H-pyrrole nitrogens is 1. The highest BCUT2D eigenvalue weighted by molar-refractivity contribution is 5.94. The number of unbranched alkanes of at least 4 members (excludes halogenated alkanes) is 2. The first-order valence-corrected chi connectivity index (χ1v) is 8.91. The van der Waals surface area contributed by atoms with E-state index < -0.39 is 0 Å². The molecule has 26 heavy (non-hydrogen) atoms. The predicted octanol–water partition coefficient (Wildman–Crippen LogP) is 3.71. The molecule has 0 atom stereocenters. The molecule has 4 rings (SSSR count). The van der Waals surface area contributed by atoms with Crippen LogP contribution in [0.5, 0.6) is 0 Å². The van der Waals surface area contributed by atoms with Gasteiger partial charge in [-0.1, -0.05) is 19.8 Å². The topological polar surface area (TPSA) is 89.6 Å². The lowest BCUT2D eigenvalue weighted by atomic mass is 10.1. The number of nitrogens with zero attached hydrogens (tertiary/aromatic N) is 3. The van der Waals surface area contributed by atoms with Crippen LogP contribution in [0.3, 0.4) is 0 Å². The van der Waals surface area contributed by atoms with Gasteiger partial charge in [0, 0.05) is 35.6 Å². The van der Waals surface area contributed by atoms with Crippen molar-refractivity contribution in [2.45, 2.75) is 32.7 Å². The molecule has 3 aromatic heterocycles. The lowest BCUT2D eigenvalue weighted by Gasteiger charge is -2.03. The van der Waals surface area contributed by atoms with Crippen molar-refractivity contribution in [1.82, 2.24) is 19.5 Å². The number of pyridine rings is 1. The molecule has 0 fully saturated rings. The Morgan fingerprint density at radius 3 is 2.96 bits per heavy atom. The molecule has 0 aliphatic rings. The number of fused-ring (bicyclic) bond motifs is 2. The van der Waals surface area contributed by atoms with Crippen LogP contribution in [0.15, 0.2) is 47.5 Å². The van der Waals surface area contributed by atoms with Gasteiger partial charge in [-0.25, -0.2) is 9.97 Å². The van der Waals surface area contributed by atoms with Crippen molar-refractivity contribution in [2.24, 2.45) is 0 Å². The number of anilines is 1. The third-order valence-electron chi connectivity index (χ3n) is 4.61. The van der Waals surface area contributed by atoms with Gasteiger partial charge >= 0.3 is 0 Å². The number of rotatable bonds is 5. The van der Waals surface area contributed by atoms with E-state index in [1.165, 1.54) is 0 Å². The van der Waals surface area contributed by atoms with E-state index in [1.807, 2.05) is 24.4 Å². The average molecular weight is 347 g/mol. The van der Waals surface area contributed by atoms with Crippen LogP contribution in [0.4, 0.5) is 5.69 Å². The van der Waals surface area contributed by atoms with Gasteiger partial charge in [-0.3, -0.25) is 4.79 Å². The van der Waals surface area contributed by atoms with Crippen LogP contribution in [0.25, 0.3) is 33.3 Å². The predicted molar refractivity (Wildman–Crippen MR) is 105 cm³/mol. The van der Waals surface area contributed by atoms with Crippen LogP contribution in [0.2, 0.25) is 0 Å². The smallest absolute Gasteiger partial charge is 0.275 e. The molecule has 0 spiro atoms. The van der Waals surface area contributed by atoms with E-state index in [9.17, 15) is 4.79 Å². The molecule has 0 unspecified atom stereocenters. The van der Waals surface area contributed by atoms with Crippen molar-refractivity contribution < 1.29 is 0 Å². The second-order valence-corrected chi connectivity index (χ2v) is 6.51.